The van der Waals surface area contributed by atoms with Crippen LogP contribution in [-0.4, -0.2) is 36.2 Å². The molecule has 0 heterocycles. The zero-order valence-electron chi connectivity index (χ0n) is 8.16. The number of ether oxygens (including phenoxy) is 1. The molecule has 0 radical (unpaired) electrons. The molecule has 80 valence electrons. The second-order valence-corrected chi connectivity index (χ2v) is 3.47. The van der Waals surface area contributed by atoms with Crippen molar-refractivity contribution < 1.29 is 19.4 Å². The molecule has 0 aliphatic heterocycles. The Balaban J connectivity index is 2.37. The van der Waals surface area contributed by atoms with Crippen molar-refractivity contribution in [3.8, 4) is 0 Å². The number of carbonyl (C=O) groups is 2. The molecule has 14 heavy (non-hydrogen) atoms. The summed E-state index contributed by atoms with van der Waals surface area (Å²) in [6, 6.07) is -0.562. The minimum atomic E-state index is -0.998. The van der Waals surface area contributed by atoms with Crippen LogP contribution in [0.3, 0.4) is 0 Å². The minimum absolute atomic E-state index is 0.109. The van der Waals surface area contributed by atoms with Crippen LogP contribution in [0.25, 0.3) is 0 Å². The molecular weight excluding hydrogens is 186 g/mol. The maximum Gasteiger partial charge on any atom is 0.321 e. The summed E-state index contributed by atoms with van der Waals surface area (Å²) >= 11 is 0. The SMILES string of the molecule is COC(=O)C[C@@H](NC1CCC1)C(=O)O. The fourth-order valence-corrected chi connectivity index (χ4v) is 1.33. The quantitative estimate of drug-likeness (QED) is 0.619. The first kappa shape index (κ1) is 11.0. The molecule has 1 fully saturated rings. The smallest absolute Gasteiger partial charge is 0.321 e. The lowest BCUT2D eigenvalue weighted by Gasteiger charge is -2.29. The first-order chi connectivity index (χ1) is 6.63. The number of nitrogens with one attached hydrogen (secondary N) is 1. The van der Waals surface area contributed by atoms with Crippen LogP contribution in [0, 0.1) is 0 Å². The summed E-state index contributed by atoms with van der Waals surface area (Å²) in [5.41, 5.74) is 0. The van der Waals surface area contributed by atoms with Crippen molar-refractivity contribution in [2.75, 3.05) is 7.11 Å². The van der Waals surface area contributed by atoms with E-state index in [0.717, 1.165) is 19.3 Å². The van der Waals surface area contributed by atoms with Gasteiger partial charge in [0.15, 0.2) is 0 Å². The Morgan fingerprint density at radius 1 is 1.57 bits per heavy atom. The van der Waals surface area contributed by atoms with Gasteiger partial charge in [0.25, 0.3) is 0 Å². The van der Waals surface area contributed by atoms with Gasteiger partial charge in [-0.1, -0.05) is 6.42 Å². The van der Waals surface area contributed by atoms with Crippen LogP contribution in [-0.2, 0) is 14.3 Å². The highest BCUT2D eigenvalue weighted by molar-refractivity contribution is 5.81. The topological polar surface area (TPSA) is 75.6 Å². The van der Waals surface area contributed by atoms with Gasteiger partial charge in [0.05, 0.1) is 13.5 Å². The number of hydrogen-bond donors (Lipinski definition) is 2. The molecule has 1 atom stereocenters. The third-order valence-electron chi connectivity index (χ3n) is 2.44. The van der Waals surface area contributed by atoms with E-state index < -0.39 is 18.0 Å². The van der Waals surface area contributed by atoms with E-state index in [1.54, 1.807) is 0 Å². The Morgan fingerprint density at radius 2 is 2.21 bits per heavy atom. The first-order valence-corrected chi connectivity index (χ1v) is 4.69. The molecule has 5 nitrogen and oxygen atoms in total. The molecule has 1 aliphatic rings. The number of hydrogen-bond acceptors (Lipinski definition) is 4. The molecular formula is C9H15NO4. The van der Waals surface area contributed by atoms with E-state index in [9.17, 15) is 9.59 Å². The Kier molecular flexibility index (Phi) is 3.88. The van der Waals surface area contributed by atoms with Crippen LogP contribution >= 0.6 is 0 Å². The highest BCUT2D eigenvalue weighted by Crippen LogP contribution is 2.19. The maximum absolute atomic E-state index is 10.9. The predicted molar refractivity (Wildman–Crippen MR) is 48.8 cm³/mol. The van der Waals surface area contributed by atoms with Crippen molar-refractivity contribution in [1.29, 1.82) is 0 Å². The zero-order valence-corrected chi connectivity index (χ0v) is 8.16. The van der Waals surface area contributed by atoms with Gasteiger partial charge < -0.3 is 15.2 Å². The second-order valence-electron chi connectivity index (χ2n) is 3.47. The van der Waals surface area contributed by atoms with E-state index in [1.807, 2.05) is 0 Å². The van der Waals surface area contributed by atoms with Gasteiger partial charge in [0.1, 0.15) is 6.04 Å². The van der Waals surface area contributed by atoms with Crippen LogP contribution in [0.15, 0.2) is 0 Å². The molecule has 5 heteroatoms. The molecule has 0 spiro atoms. The van der Waals surface area contributed by atoms with Gasteiger partial charge in [0, 0.05) is 6.04 Å². The summed E-state index contributed by atoms with van der Waals surface area (Å²) < 4.78 is 4.42. The van der Waals surface area contributed by atoms with Crippen LogP contribution in [0.5, 0.6) is 0 Å². The molecule has 0 saturated heterocycles. The van der Waals surface area contributed by atoms with E-state index in [1.165, 1.54) is 7.11 Å². The van der Waals surface area contributed by atoms with Gasteiger partial charge in [-0.25, -0.2) is 0 Å². The van der Waals surface area contributed by atoms with Crippen molar-refractivity contribution in [3.05, 3.63) is 0 Å². The highest BCUT2D eigenvalue weighted by Gasteiger charge is 2.27. The standard InChI is InChI=1S/C9H15NO4/c1-14-8(11)5-7(9(12)13)10-6-3-2-4-6/h6-7,10H,2-5H2,1H3,(H,12,13)/t7-/m1/s1. The second kappa shape index (κ2) is 4.95. The van der Waals surface area contributed by atoms with Gasteiger partial charge in [0.2, 0.25) is 0 Å². The van der Waals surface area contributed by atoms with Crippen molar-refractivity contribution in [2.24, 2.45) is 0 Å². The Morgan fingerprint density at radius 3 is 2.57 bits per heavy atom. The molecule has 0 unspecified atom stereocenters. The van der Waals surface area contributed by atoms with Crippen LogP contribution < -0.4 is 5.32 Å². The molecule has 1 aliphatic carbocycles. The average molecular weight is 201 g/mol. The van der Waals surface area contributed by atoms with Gasteiger partial charge in [-0.05, 0) is 12.8 Å². The van der Waals surface area contributed by atoms with Crippen LogP contribution in [0.4, 0.5) is 0 Å². The molecule has 0 aromatic rings. The summed E-state index contributed by atoms with van der Waals surface area (Å²) in [4.78, 5) is 21.6. The van der Waals surface area contributed by atoms with E-state index in [2.05, 4.69) is 10.1 Å². The summed E-state index contributed by atoms with van der Waals surface area (Å²) in [7, 11) is 1.25. The molecule has 2 N–H and O–H groups in total. The predicted octanol–water partition coefficient (Wildman–Crippen LogP) is 0.145. The summed E-state index contributed by atoms with van der Waals surface area (Å²) in [6.45, 7) is 0. The molecule has 0 bridgehead atoms. The number of rotatable bonds is 5. The normalized spacial score (nSPS) is 18.4. The van der Waals surface area contributed by atoms with E-state index >= 15 is 0 Å². The summed E-state index contributed by atoms with van der Waals surface area (Å²) in [5, 5.41) is 11.7. The maximum atomic E-state index is 10.9. The van der Waals surface area contributed by atoms with Gasteiger partial charge in [-0.3, -0.25) is 9.59 Å². The molecule has 0 aromatic heterocycles. The fourth-order valence-electron chi connectivity index (χ4n) is 1.33. The lowest BCUT2D eigenvalue weighted by atomic mass is 9.92. The third-order valence-corrected chi connectivity index (χ3v) is 2.44. The van der Waals surface area contributed by atoms with Gasteiger partial charge in [-0.15, -0.1) is 0 Å². The fraction of sp³-hybridized carbons (Fsp3) is 0.778. The van der Waals surface area contributed by atoms with Gasteiger partial charge in [-0.2, -0.15) is 0 Å². The average Bonchev–Trinajstić information content (AvgIpc) is 2.08. The largest absolute Gasteiger partial charge is 0.480 e. The van der Waals surface area contributed by atoms with Crippen molar-refractivity contribution >= 4 is 11.9 Å². The molecule has 0 amide bonds. The summed E-state index contributed by atoms with van der Waals surface area (Å²) in [6.07, 6.45) is 3.00. The number of esters is 1. The van der Waals surface area contributed by atoms with Crippen LogP contribution in [0.1, 0.15) is 25.7 Å². The van der Waals surface area contributed by atoms with E-state index in [0.29, 0.717) is 0 Å². The number of carboxylic acid groups (broad SMARTS) is 1. The first-order valence-electron chi connectivity index (χ1n) is 4.69. The third kappa shape index (κ3) is 2.99. The Hall–Kier alpha value is -1.10. The molecule has 1 saturated carbocycles. The minimum Gasteiger partial charge on any atom is -0.480 e. The lowest BCUT2D eigenvalue weighted by molar-refractivity contribution is -0.148. The zero-order chi connectivity index (χ0) is 10.6. The summed E-state index contributed by atoms with van der Waals surface area (Å²) in [5.74, 6) is -1.49. The molecule has 0 aromatic carbocycles. The van der Waals surface area contributed by atoms with Crippen LogP contribution in [0.2, 0.25) is 0 Å². The number of carboxylic acids is 1. The highest BCUT2D eigenvalue weighted by atomic mass is 16.5. The van der Waals surface area contributed by atoms with E-state index in [4.69, 9.17) is 5.11 Å². The van der Waals surface area contributed by atoms with Crippen molar-refractivity contribution in [3.63, 3.8) is 0 Å². The Labute approximate surface area is 82.4 Å². The Bertz CT molecular complexity index is 225. The number of carbonyl (C=O) groups excluding carboxylic acids is 1. The number of methoxy groups -OCH3 is 1. The monoisotopic (exact) mass is 201 g/mol. The number of aliphatic carboxylic acids is 1. The van der Waals surface area contributed by atoms with Crippen molar-refractivity contribution in [1.82, 2.24) is 5.32 Å². The lowest BCUT2D eigenvalue weighted by Crippen LogP contribution is -2.47. The van der Waals surface area contributed by atoms with E-state index in [-0.39, 0.29) is 12.5 Å². The molecule has 1 rings (SSSR count). The van der Waals surface area contributed by atoms with Gasteiger partial charge >= 0.3 is 11.9 Å². The van der Waals surface area contributed by atoms with Crippen molar-refractivity contribution in [2.45, 2.75) is 37.8 Å².